The Hall–Kier alpha value is -2.93. The molecule has 4 rings (SSSR count). The Morgan fingerprint density at radius 1 is 1.17 bits per heavy atom. The van der Waals surface area contributed by atoms with Crippen LogP contribution in [0.15, 0.2) is 41.1 Å². The molecule has 1 fully saturated rings. The summed E-state index contributed by atoms with van der Waals surface area (Å²) in [5, 5.41) is 4.05. The van der Waals surface area contributed by atoms with E-state index >= 15 is 0 Å². The Kier molecular flexibility index (Phi) is 5.49. The lowest BCUT2D eigenvalue weighted by Gasteiger charge is -2.37. The standard InChI is InChI=1S/C22H26N4O3/c1-16-13-19(23-29-16)15-24-9-11-25(12-10-24)22(28)14-21-20-6-4-3-5-18(20)7-8-26(21)17(2)27/h3-8,13,21H,9-12,14-15H2,1-2H3. The topological polar surface area (TPSA) is 69.9 Å². The predicted octanol–water partition coefficient (Wildman–Crippen LogP) is 2.59. The van der Waals surface area contributed by atoms with Crippen molar-refractivity contribution in [2.75, 3.05) is 26.2 Å². The largest absolute Gasteiger partial charge is 0.361 e. The molecule has 1 saturated heterocycles. The number of hydrogen-bond donors (Lipinski definition) is 0. The van der Waals surface area contributed by atoms with E-state index in [-0.39, 0.29) is 17.9 Å². The average Bonchev–Trinajstić information content (AvgIpc) is 3.13. The van der Waals surface area contributed by atoms with E-state index in [4.69, 9.17) is 4.52 Å². The molecule has 0 aliphatic carbocycles. The number of nitrogens with zero attached hydrogens (tertiary/aromatic N) is 4. The van der Waals surface area contributed by atoms with Crippen molar-refractivity contribution in [1.29, 1.82) is 0 Å². The fraction of sp³-hybridized carbons (Fsp3) is 0.409. The van der Waals surface area contributed by atoms with E-state index in [2.05, 4.69) is 10.1 Å². The molecule has 0 radical (unpaired) electrons. The highest BCUT2D eigenvalue weighted by atomic mass is 16.5. The molecule has 1 atom stereocenters. The van der Waals surface area contributed by atoms with Crippen molar-refractivity contribution in [2.24, 2.45) is 0 Å². The molecule has 1 aromatic heterocycles. The van der Waals surface area contributed by atoms with Gasteiger partial charge in [0, 0.05) is 51.9 Å². The monoisotopic (exact) mass is 394 g/mol. The third-order valence-electron chi connectivity index (χ3n) is 5.62. The first-order valence-corrected chi connectivity index (χ1v) is 9.99. The van der Waals surface area contributed by atoms with E-state index in [1.165, 1.54) is 0 Å². The van der Waals surface area contributed by atoms with Crippen molar-refractivity contribution in [3.63, 3.8) is 0 Å². The zero-order valence-corrected chi connectivity index (χ0v) is 16.9. The zero-order chi connectivity index (χ0) is 20.4. The Morgan fingerprint density at radius 3 is 2.62 bits per heavy atom. The highest BCUT2D eigenvalue weighted by Crippen LogP contribution is 2.33. The number of aryl methyl sites for hydroxylation is 1. The van der Waals surface area contributed by atoms with Crippen molar-refractivity contribution in [3.05, 3.63) is 59.1 Å². The van der Waals surface area contributed by atoms with Crippen LogP contribution in [0.4, 0.5) is 0 Å². The van der Waals surface area contributed by atoms with E-state index in [0.717, 1.165) is 42.2 Å². The van der Waals surface area contributed by atoms with Crippen molar-refractivity contribution in [2.45, 2.75) is 32.9 Å². The summed E-state index contributed by atoms with van der Waals surface area (Å²) in [6.45, 7) is 7.12. The summed E-state index contributed by atoms with van der Waals surface area (Å²) in [7, 11) is 0. The van der Waals surface area contributed by atoms with E-state index in [0.29, 0.717) is 19.5 Å². The van der Waals surface area contributed by atoms with Gasteiger partial charge in [-0.1, -0.05) is 29.4 Å². The van der Waals surface area contributed by atoms with Crippen LogP contribution in [0.25, 0.3) is 6.08 Å². The maximum absolute atomic E-state index is 13.0. The van der Waals surface area contributed by atoms with Crippen LogP contribution in [0.5, 0.6) is 0 Å². The average molecular weight is 394 g/mol. The second-order valence-electron chi connectivity index (χ2n) is 7.68. The van der Waals surface area contributed by atoms with E-state index in [1.807, 2.05) is 48.2 Å². The second kappa shape index (κ2) is 8.21. The van der Waals surface area contributed by atoms with Gasteiger partial charge in [-0.05, 0) is 24.1 Å². The van der Waals surface area contributed by atoms with Crippen molar-refractivity contribution in [1.82, 2.24) is 19.9 Å². The van der Waals surface area contributed by atoms with Crippen LogP contribution >= 0.6 is 0 Å². The number of piperazine rings is 1. The van der Waals surface area contributed by atoms with Gasteiger partial charge in [0.05, 0.1) is 18.2 Å². The lowest BCUT2D eigenvalue weighted by Crippen LogP contribution is -2.49. The summed E-state index contributed by atoms with van der Waals surface area (Å²) < 4.78 is 5.13. The zero-order valence-electron chi connectivity index (χ0n) is 16.9. The summed E-state index contributed by atoms with van der Waals surface area (Å²) in [4.78, 5) is 31.0. The molecule has 3 heterocycles. The van der Waals surface area contributed by atoms with Crippen molar-refractivity contribution in [3.8, 4) is 0 Å². The molecule has 7 nitrogen and oxygen atoms in total. The molecule has 2 aliphatic rings. The number of fused-ring (bicyclic) bond motifs is 1. The number of hydrogen-bond acceptors (Lipinski definition) is 5. The van der Waals surface area contributed by atoms with Gasteiger partial charge in [-0.25, -0.2) is 0 Å². The number of benzene rings is 1. The van der Waals surface area contributed by atoms with Gasteiger partial charge >= 0.3 is 0 Å². The first-order chi connectivity index (χ1) is 14.0. The maximum atomic E-state index is 13.0. The van der Waals surface area contributed by atoms with Gasteiger partial charge in [0.25, 0.3) is 0 Å². The Morgan fingerprint density at radius 2 is 1.93 bits per heavy atom. The quantitative estimate of drug-likeness (QED) is 0.797. The van der Waals surface area contributed by atoms with Gasteiger partial charge in [0.15, 0.2) is 0 Å². The van der Waals surface area contributed by atoms with Gasteiger partial charge in [-0.3, -0.25) is 14.5 Å². The van der Waals surface area contributed by atoms with Gasteiger partial charge in [-0.15, -0.1) is 0 Å². The molecule has 1 unspecified atom stereocenters. The van der Waals surface area contributed by atoms with Crippen molar-refractivity contribution < 1.29 is 14.1 Å². The number of carbonyl (C=O) groups is 2. The van der Waals surface area contributed by atoms with Crippen LogP contribution in [0, 0.1) is 6.92 Å². The third-order valence-corrected chi connectivity index (χ3v) is 5.62. The minimum absolute atomic E-state index is 0.0544. The number of carbonyl (C=O) groups excluding carboxylic acids is 2. The van der Waals surface area contributed by atoms with Crippen LogP contribution in [-0.2, 0) is 16.1 Å². The Bertz CT molecular complexity index is 928. The SMILES string of the molecule is CC(=O)N1C=Cc2ccccc2C1CC(=O)N1CCN(Cc2cc(C)on2)CC1. The van der Waals surface area contributed by atoms with E-state index in [9.17, 15) is 9.59 Å². The number of rotatable bonds is 4. The number of aromatic nitrogens is 1. The lowest BCUT2D eigenvalue weighted by molar-refractivity contribution is -0.136. The fourth-order valence-electron chi connectivity index (χ4n) is 4.08. The van der Waals surface area contributed by atoms with Crippen molar-refractivity contribution >= 4 is 17.9 Å². The summed E-state index contributed by atoms with van der Waals surface area (Å²) >= 11 is 0. The molecule has 2 amide bonds. The summed E-state index contributed by atoms with van der Waals surface area (Å²) in [6, 6.07) is 9.65. The second-order valence-corrected chi connectivity index (χ2v) is 7.68. The van der Waals surface area contributed by atoms with Gasteiger partial charge in [0.2, 0.25) is 11.8 Å². The van der Waals surface area contributed by atoms with Gasteiger partial charge in [0.1, 0.15) is 5.76 Å². The fourth-order valence-corrected chi connectivity index (χ4v) is 4.08. The van der Waals surface area contributed by atoms with Gasteiger partial charge in [-0.2, -0.15) is 0 Å². The van der Waals surface area contributed by atoms with E-state index < -0.39 is 0 Å². The molecule has 0 spiro atoms. The molecular formula is C22H26N4O3. The smallest absolute Gasteiger partial charge is 0.225 e. The Labute approximate surface area is 170 Å². The normalized spacial score (nSPS) is 19.3. The molecule has 2 aromatic rings. The molecule has 29 heavy (non-hydrogen) atoms. The first-order valence-electron chi connectivity index (χ1n) is 9.99. The summed E-state index contributed by atoms with van der Waals surface area (Å²) in [5.74, 6) is 0.843. The lowest BCUT2D eigenvalue weighted by atomic mass is 9.93. The molecule has 1 aromatic carbocycles. The summed E-state index contributed by atoms with van der Waals surface area (Å²) in [5.41, 5.74) is 3.01. The number of amides is 2. The summed E-state index contributed by atoms with van der Waals surface area (Å²) in [6.07, 6.45) is 4.02. The highest BCUT2D eigenvalue weighted by molar-refractivity contribution is 5.82. The Balaban J connectivity index is 1.38. The first kappa shape index (κ1) is 19.4. The van der Waals surface area contributed by atoms with Crippen LogP contribution in [0.3, 0.4) is 0 Å². The molecule has 0 saturated carbocycles. The third kappa shape index (κ3) is 4.24. The molecule has 152 valence electrons. The maximum Gasteiger partial charge on any atom is 0.225 e. The van der Waals surface area contributed by atoms with Crippen LogP contribution in [-0.4, -0.2) is 57.8 Å². The minimum atomic E-state index is -0.252. The molecule has 0 N–H and O–H groups in total. The molecular weight excluding hydrogens is 368 g/mol. The van der Waals surface area contributed by atoms with Gasteiger partial charge < -0.3 is 14.3 Å². The van der Waals surface area contributed by atoms with Crippen LogP contribution in [0.2, 0.25) is 0 Å². The molecule has 7 heteroatoms. The predicted molar refractivity (Wildman–Crippen MR) is 108 cm³/mol. The van der Waals surface area contributed by atoms with E-state index in [1.54, 1.807) is 18.0 Å². The highest BCUT2D eigenvalue weighted by Gasteiger charge is 2.31. The minimum Gasteiger partial charge on any atom is -0.361 e. The van der Waals surface area contributed by atoms with Crippen LogP contribution < -0.4 is 0 Å². The van der Waals surface area contributed by atoms with Crippen LogP contribution in [0.1, 0.15) is 42.0 Å². The molecule has 2 aliphatic heterocycles. The molecule has 0 bridgehead atoms.